The van der Waals surface area contributed by atoms with Gasteiger partial charge in [0.1, 0.15) is 5.82 Å². The molecule has 0 unspecified atom stereocenters. The monoisotopic (exact) mass is 325 g/mol. The first-order valence-electron chi connectivity index (χ1n) is 8.32. The van der Waals surface area contributed by atoms with Gasteiger partial charge >= 0.3 is 0 Å². The molecule has 1 atom stereocenters. The molecule has 2 fully saturated rings. The van der Waals surface area contributed by atoms with Crippen LogP contribution in [0.1, 0.15) is 18.5 Å². The minimum Gasteiger partial charge on any atom is -0.312 e. The van der Waals surface area contributed by atoms with Crippen LogP contribution in [0.15, 0.2) is 48.7 Å². The summed E-state index contributed by atoms with van der Waals surface area (Å²) in [7, 11) is 0. The number of hydrogen-bond donors (Lipinski definition) is 0. The van der Waals surface area contributed by atoms with E-state index in [0.29, 0.717) is 18.7 Å². The van der Waals surface area contributed by atoms with Gasteiger partial charge in [0.2, 0.25) is 5.91 Å². The third-order valence-corrected chi connectivity index (χ3v) is 5.07. The van der Waals surface area contributed by atoms with Crippen LogP contribution < -0.4 is 4.90 Å². The maximum absolute atomic E-state index is 13.5. The van der Waals surface area contributed by atoms with Gasteiger partial charge < -0.3 is 4.90 Å². The van der Waals surface area contributed by atoms with E-state index in [4.69, 9.17) is 0 Å². The molecule has 4 rings (SSSR count). The highest BCUT2D eigenvalue weighted by molar-refractivity contribution is 5.96. The molecule has 4 nitrogen and oxygen atoms in total. The molecule has 0 radical (unpaired) electrons. The first kappa shape index (κ1) is 15.3. The van der Waals surface area contributed by atoms with Crippen LogP contribution >= 0.6 is 0 Å². The van der Waals surface area contributed by atoms with Gasteiger partial charge in [-0.1, -0.05) is 12.1 Å². The van der Waals surface area contributed by atoms with Gasteiger partial charge in [-0.15, -0.1) is 0 Å². The number of nitrogens with zero attached hydrogens (tertiary/aromatic N) is 3. The minimum atomic E-state index is -0.301. The Bertz CT molecular complexity index is 751. The maximum atomic E-state index is 13.5. The molecule has 0 N–H and O–H groups in total. The van der Waals surface area contributed by atoms with Crippen molar-refractivity contribution in [2.45, 2.75) is 19.4 Å². The van der Waals surface area contributed by atoms with E-state index in [2.05, 4.69) is 9.88 Å². The minimum absolute atomic E-state index is 0.0157. The van der Waals surface area contributed by atoms with Gasteiger partial charge in [0, 0.05) is 43.4 Å². The molecule has 24 heavy (non-hydrogen) atoms. The largest absolute Gasteiger partial charge is 0.312 e. The molecule has 1 spiro atoms. The van der Waals surface area contributed by atoms with E-state index >= 15 is 0 Å². The molecule has 1 amide bonds. The van der Waals surface area contributed by atoms with Crippen molar-refractivity contribution in [3.05, 3.63) is 60.2 Å². The summed E-state index contributed by atoms with van der Waals surface area (Å²) in [6, 6.07) is 12.3. The van der Waals surface area contributed by atoms with E-state index in [1.807, 2.05) is 24.4 Å². The number of halogens is 1. The van der Waals surface area contributed by atoms with Crippen molar-refractivity contribution in [2.75, 3.05) is 24.5 Å². The average molecular weight is 325 g/mol. The van der Waals surface area contributed by atoms with Crippen molar-refractivity contribution in [3.8, 4) is 0 Å². The van der Waals surface area contributed by atoms with Gasteiger partial charge in [-0.3, -0.25) is 14.7 Å². The lowest BCUT2D eigenvalue weighted by molar-refractivity contribution is -0.117. The zero-order valence-electron chi connectivity index (χ0n) is 13.5. The Morgan fingerprint density at radius 3 is 2.88 bits per heavy atom. The number of amides is 1. The lowest BCUT2D eigenvalue weighted by Gasteiger charge is -2.24. The maximum Gasteiger partial charge on any atom is 0.227 e. The Balaban J connectivity index is 1.47. The fourth-order valence-electron chi connectivity index (χ4n) is 3.93. The first-order valence-corrected chi connectivity index (χ1v) is 8.32. The van der Waals surface area contributed by atoms with Crippen LogP contribution in [0.5, 0.6) is 0 Å². The fourth-order valence-corrected chi connectivity index (χ4v) is 3.93. The Morgan fingerprint density at radius 2 is 2.08 bits per heavy atom. The molecule has 0 saturated carbocycles. The first-order chi connectivity index (χ1) is 11.6. The molecule has 2 aliphatic heterocycles. The van der Waals surface area contributed by atoms with Gasteiger partial charge in [0.05, 0.1) is 5.69 Å². The molecule has 124 valence electrons. The van der Waals surface area contributed by atoms with Crippen LogP contribution in [0.4, 0.5) is 10.1 Å². The number of pyridine rings is 1. The number of hydrogen-bond acceptors (Lipinski definition) is 3. The number of likely N-dealkylation sites (tertiary alicyclic amines) is 1. The van der Waals surface area contributed by atoms with Crippen LogP contribution in [-0.4, -0.2) is 35.4 Å². The quantitative estimate of drug-likeness (QED) is 0.871. The van der Waals surface area contributed by atoms with E-state index in [-0.39, 0.29) is 17.1 Å². The number of aromatic nitrogens is 1. The summed E-state index contributed by atoms with van der Waals surface area (Å²) in [5.74, 6) is -0.204. The summed E-state index contributed by atoms with van der Waals surface area (Å²) in [6.45, 7) is 3.35. The molecule has 1 aromatic carbocycles. The lowest BCUT2D eigenvalue weighted by atomic mass is 9.86. The van der Waals surface area contributed by atoms with Crippen LogP contribution in [0, 0.1) is 11.2 Å². The second-order valence-corrected chi connectivity index (χ2v) is 6.92. The summed E-state index contributed by atoms with van der Waals surface area (Å²) < 4.78 is 13.5. The number of rotatable bonds is 3. The number of anilines is 1. The highest BCUT2D eigenvalue weighted by Gasteiger charge is 2.47. The SMILES string of the molecule is O=C1C[C@]2(CCN(Cc3ccccn3)C2)CN1c1cccc(F)c1. The van der Waals surface area contributed by atoms with E-state index in [1.165, 1.54) is 12.1 Å². The topological polar surface area (TPSA) is 36.4 Å². The summed E-state index contributed by atoms with van der Waals surface area (Å²) in [6.07, 6.45) is 3.35. The summed E-state index contributed by atoms with van der Waals surface area (Å²) in [4.78, 5) is 21.0. The molecular weight excluding hydrogens is 305 g/mol. The van der Waals surface area contributed by atoms with Crippen molar-refractivity contribution in [3.63, 3.8) is 0 Å². The van der Waals surface area contributed by atoms with Crippen LogP contribution in [0.25, 0.3) is 0 Å². The van der Waals surface area contributed by atoms with Gasteiger partial charge in [0.25, 0.3) is 0 Å². The Labute approximate surface area is 140 Å². The number of carbonyl (C=O) groups excluding carboxylic acids is 1. The van der Waals surface area contributed by atoms with E-state index < -0.39 is 0 Å². The summed E-state index contributed by atoms with van der Waals surface area (Å²) in [5.41, 5.74) is 1.71. The zero-order chi connectivity index (χ0) is 16.6. The number of benzene rings is 1. The van der Waals surface area contributed by atoms with Crippen molar-refractivity contribution in [1.29, 1.82) is 0 Å². The third kappa shape index (κ3) is 2.91. The van der Waals surface area contributed by atoms with Gasteiger partial charge in [-0.05, 0) is 43.3 Å². The normalized spacial score (nSPS) is 24.2. The zero-order valence-corrected chi connectivity index (χ0v) is 13.5. The van der Waals surface area contributed by atoms with Crippen LogP contribution in [0.3, 0.4) is 0 Å². The van der Waals surface area contributed by atoms with Crippen LogP contribution in [0.2, 0.25) is 0 Å². The molecule has 0 bridgehead atoms. The second kappa shape index (κ2) is 5.98. The van der Waals surface area contributed by atoms with Crippen LogP contribution in [-0.2, 0) is 11.3 Å². The Hall–Kier alpha value is -2.27. The molecule has 3 heterocycles. The molecule has 1 aromatic heterocycles. The summed E-state index contributed by atoms with van der Waals surface area (Å²) in [5, 5.41) is 0. The second-order valence-electron chi connectivity index (χ2n) is 6.92. The van der Waals surface area contributed by atoms with E-state index in [9.17, 15) is 9.18 Å². The van der Waals surface area contributed by atoms with Crippen molar-refractivity contribution < 1.29 is 9.18 Å². The molecular formula is C19H20FN3O. The molecule has 2 saturated heterocycles. The fraction of sp³-hybridized carbons (Fsp3) is 0.368. The molecule has 2 aliphatic rings. The molecule has 2 aromatic rings. The number of carbonyl (C=O) groups is 1. The standard InChI is InChI=1S/C19H20FN3O/c20-15-4-3-6-17(10-15)23-14-19(11-18(23)24)7-9-22(13-19)12-16-5-1-2-8-21-16/h1-6,8,10H,7,9,11-14H2/t19-/m0/s1. The molecule has 0 aliphatic carbocycles. The van der Waals surface area contributed by atoms with Crippen molar-refractivity contribution in [1.82, 2.24) is 9.88 Å². The molecule has 5 heteroatoms. The van der Waals surface area contributed by atoms with E-state index in [0.717, 1.165) is 31.7 Å². The summed E-state index contributed by atoms with van der Waals surface area (Å²) >= 11 is 0. The highest BCUT2D eigenvalue weighted by atomic mass is 19.1. The van der Waals surface area contributed by atoms with Crippen molar-refractivity contribution >= 4 is 11.6 Å². The van der Waals surface area contributed by atoms with E-state index in [1.54, 1.807) is 17.0 Å². The highest BCUT2D eigenvalue weighted by Crippen LogP contribution is 2.42. The predicted molar refractivity (Wildman–Crippen MR) is 89.9 cm³/mol. The van der Waals surface area contributed by atoms with Gasteiger partial charge in [0.15, 0.2) is 0 Å². The Morgan fingerprint density at radius 1 is 1.17 bits per heavy atom. The predicted octanol–water partition coefficient (Wildman–Crippen LogP) is 2.85. The van der Waals surface area contributed by atoms with Gasteiger partial charge in [-0.25, -0.2) is 4.39 Å². The van der Waals surface area contributed by atoms with Gasteiger partial charge in [-0.2, -0.15) is 0 Å². The third-order valence-electron chi connectivity index (χ3n) is 5.07. The van der Waals surface area contributed by atoms with Crippen molar-refractivity contribution in [2.24, 2.45) is 5.41 Å². The smallest absolute Gasteiger partial charge is 0.227 e. The average Bonchev–Trinajstić information content (AvgIpc) is 3.11. The Kier molecular flexibility index (Phi) is 3.81. The lowest BCUT2D eigenvalue weighted by Crippen LogP contribution is -2.31.